The van der Waals surface area contributed by atoms with Crippen LogP contribution in [0.25, 0.3) is 0 Å². The molecule has 7 nitrogen and oxygen atoms in total. The number of hydrogen-bond acceptors (Lipinski definition) is 5. The van der Waals surface area contributed by atoms with Gasteiger partial charge in [-0.3, -0.25) is 9.59 Å². The molecule has 2 amide bonds. The van der Waals surface area contributed by atoms with Crippen molar-refractivity contribution in [1.82, 2.24) is 5.43 Å². The van der Waals surface area contributed by atoms with Gasteiger partial charge in [-0.2, -0.15) is 5.10 Å². The van der Waals surface area contributed by atoms with Crippen molar-refractivity contribution in [3.63, 3.8) is 0 Å². The lowest BCUT2D eigenvalue weighted by atomic mass is 10.1. The lowest BCUT2D eigenvalue weighted by Gasteiger charge is -2.10. The number of carbonyl (C=O) groups excluding carboxylic acids is 2. The van der Waals surface area contributed by atoms with Gasteiger partial charge in [-0.1, -0.05) is 23.7 Å². The van der Waals surface area contributed by atoms with Crippen molar-refractivity contribution in [2.75, 3.05) is 11.9 Å². The number of nitrogens with one attached hydrogen (secondary N) is 2. The molecule has 31 heavy (non-hydrogen) atoms. The summed E-state index contributed by atoms with van der Waals surface area (Å²) in [6.45, 7) is 5.63. The number of hydrogen-bond donors (Lipinski definition) is 3. The predicted octanol–water partition coefficient (Wildman–Crippen LogP) is 4.06. The van der Waals surface area contributed by atoms with Crippen LogP contribution in [0.5, 0.6) is 5.75 Å². The second kappa shape index (κ2) is 12.1. The van der Waals surface area contributed by atoms with Gasteiger partial charge in [0.15, 0.2) is 0 Å². The van der Waals surface area contributed by atoms with Crippen LogP contribution >= 0.6 is 11.6 Å². The monoisotopic (exact) mass is 445 g/mol. The smallest absolute Gasteiger partial charge is 0.242 e. The average molecular weight is 446 g/mol. The number of rotatable bonds is 10. The molecule has 1 unspecified atom stereocenters. The Hall–Kier alpha value is -2.90. The molecule has 2 aromatic rings. The molecule has 0 saturated carbocycles. The number of aryl methyl sites for hydroxylation is 1. The third-order valence-electron chi connectivity index (χ3n) is 4.34. The molecule has 3 N–H and O–H groups in total. The first-order valence-electron chi connectivity index (χ1n) is 10.0. The summed E-state index contributed by atoms with van der Waals surface area (Å²) in [4.78, 5) is 23.8. The van der Waals surface area contributed by atoms with Crippen molar-refractivity contribution < 1.29 is 19.4 Å². The molecule has 0 radical (unpaired) electrons. The molecule has 0 saturated heterocycles. The quantitative estimate of drug-likeness (QED) is 0.291. The third-order valence-corrected chi connectivity index (χ3v) is 4.57. The molecule has 8 heteroatoms. The van der Waals surface area contributed by atoms with Crippen molar-refractivity contribution in [1.29, 1.82) is 0 Å². The number of benzene rings is 2. The van der Waals surface area contributed by atoms with E-state index in [-0.39, 0.29) is 18.2 Å². The van der Waals surface area contributed by atoms with Gasteiger partial charge >= 0.3 is 0 Å². The van der Waals surface area contributed by atoms with Crippen LogP contribution in [-0.2, 0) is 9.59 Å². The molecule has 0 aromatic heterocycles. The number of ether oxygens (including phenoxy) is 1. The molecule has 2 rings (SSSR count). The summed E-state index contributed by atoms with van der Waals surface area (Å²) in [5, 5.41) is 16.8. The van der Waals surface area contributed by atoms with E-state index in [9.17, 15) is 14.7 Å². The van der Waals surface area contributed by atoms with Crippen LogP contribution in [0.2, 0.25) is 5.02 Å². The van der Waals surface area contributed by atoms with Crippen LogP contribution in [0.15, 0.2) is 47.6 Å². The lowest BCUT2D eigenvalue weighted by molar-refractivity contribution is -0.122. The van der Waals surface area contributed by atoms with Gasteiger partial charge in [-0.25, -0.2) is 5.43 Å². The standard InChI is InChI=1S/C23H28ClN3O4/c1-15-12-19(24)9-10-21(15)31-11-5-8-22(29)25-20-7-4-6-18(14-20)17(3)26-27-23(30)13-16(2)28/h4,6-7,9-10,12,14,16,28H,5,8,11,13H2,1-3H3,(H,25,29)(H,27,30)/b26-17-. The fraction of sp³-hybridized carbons (Fsp3) is 0.348. The molecule has 166 valence electrons. The average Bonchev–Trinajstić information content (AvgIpc) is 2.70. The maximum atomic E-state index is 12.2. The Morgan fingerprint density at radius 1 is 1.19 bits per heavy atom. The maximum absolute atomic E-state index is 12.2. The van der Waals surface area contributed by atoms with E-state index in [0.29, 0.717) is 35.9 Å². The van der Waals surface area contributed by atoms with E-state index in [0.717, 1.165) is 16.9 Å². The molecule has 0 aliphatic carbocycles. The molecule has 0 heterocycles. The molecule has 0 fully saturated rings. The van der Waals surface area contributed by atoms with Gasteiger partial charge in [0.25, 0.3) is 0 Å². The van der Waals surface area contributed by atoms with Crippen LogP contribution in [0.3, 0.4) is 0 Å². The van der Waals surface area contributed by atoms with Crippen molar-refractivity contribution >= 4 is 34.8 Å². The van der Waals surface area contributed by atoms with Gasteiger partial charge in [0.2, 0.25) is 11.8 Å². The van der Waals surface area contributed by atoms with Gasteiger partial charge in [-0.05, 0) is 68.7 Å². The van der Waals surface area contributed by atoms with E-state index in [4.69, 9.17) is 16.3 Å². The highest BCUT2D eigenvalue weighted by Crippen LogP contribution is 2.22. The Morgan fingerprint density at radius 2 is 1.97 bits per heavy atom. The van der Waals surface area contributed by atoms with Crippen LogP contribution in [0, 0.1) is 6.92 Å². The number of anilines is 1. The predicted molar refractivity (Wildman–Crippen MR) is 123 cm³/mol. The van der Waals surface area contributed by atoms with E-state index in [1.165, 1.54) is 6.92 Å². The Morgan fingerprint density at radius 3 is 2.68 bits per heavy atom. The highest BCUT2D eigenvalue weighted by Gasteiger charge is 2.07. The minimum atomic E-state index is -0.727. The topological polar surface area (TPSA) is 100 Å². The van der Waals surface area contributed by atoms with Gasteiger partial charge < -0.3 is 15.2 Å². The Kier molecular flexibility index (Phi) is 9.49. The zero-order chi connectivity index (χ0) is 22.8. The normalized spacial score (nSPS) is 12.2. The summed E-state index contributed by atoms with van der Waals surface area (Å²) in [6.07, 6.45) is 0.145. The summed E-state index contributed by atoms with van der Waals surface area (Å²) in [5.74, 6) is 0.274. The summed E-state index contributed by atoms with van der Waals surface area (Å²) in [5.41, 5.74) is 5.35. The molecular formula is C23H28ClN3O4. The van der Waals surface area contributed by atoms with E-state index in [1.54, 1.807) is 31.2 Å². The Balaban J connectivity index is 1.81. The van der Waals surface area contributed by atoms with Crippen LogP contribution < -0.4 is 15.5 Å². The molecule has 0 spiro atoms. The number of amides is 2. The maximum Gasteiger partial charge on any atom is 0.242 e. The fourth-order valence-electron chi connectivity index (χ4n) is 2.76. The lowest BCUT2D eigenvalue weighted by Crippen LogP contribution is -2.23. The SMILES string of the molecule is C/C(=N/NC(=O)CC(C)O)c1cccc(NC(=O)CCCOc2ccc(Cl)cc2C)c1. The van der Waals surface area contributed by atoms with Gasteiger partial charge in [0.1, 0.15) is 5.75 Å². The van der Waals surface area contributed by atoms with E-state index < -0.39 is 6.10 Å². The number of aliphatic hydroxyl groups excluding tert-OH is 1. The number of aliphatic hydroxyl groups is 1. The third kappa shape index (κ3) is 8.78. The largest absolute Gasteiger partial charge is 0.493 e. The van der Waals surface area contributed by atoms with Gasteiger partial charge in [-0.15, -0.1) is 0 Å². The number of carbonyl (C=O) groups is 2. The Bertz CT molecular complexity index is 944. The highest BCUT2D eigenvalue weighted by atomic mass is 35.5. The van der Waals surface area contributed by atoms with Gasteiger partial charge in [0, 0.05) is 17.1 Å². The van der Waals surface area contributed by atoms with Crippen molar-refractivity contribution in [2.45, 2.75) is 46.1 Å². The zero-order valence-corrected chi connectivity index (χ0v) is 18.7. The molecule has 0 aliphatic rings. The van der Waals surface area contributed by atoms with Gasteiger partial charge in [0.05, 0.1) is 24.8 Å². The summed E-state index contributed by atoms with van der Waals surface area (Å²) < 4.78 is 5.71. The van der Waals surface area contributed by atoms with E-state index in [2.05, 4.69) is 15.8 Å². The zero-order valence-electron chi connectivity index (χ0n) is 17.9. The molecule has 0 bridgehead atoms. The molecule has 0 aliphatic heterocycles. The molecular weight excluding hydrogens is 418 g/mol. The number of halogens is 1. The second-order valence-electron chi connectivity index (χ2n) is 7.28. The first-order valence-corrected chi connectivity index (χ1v) is 10.4. The van der Waals surface area contributed by atoms with Crippen molar-refractivity contribution in [3.05, 3.63) is 58.6 Å². The molecule has 2 aromatic carbocycles. The fourth-order valence-corrected chi connectivity index (χ4v) is 2.99. The van der Waals surface area contributed by atoms with Crippen LogP contribution in [0.4, 0.5) is 5.69 Å². The van der Waals surface area contributed by atoms with Crippen LogP contribution in [0.1, 0.15) is 44.2 Å². The second-order valence-corrected chi connectivity index (χ2v) is 7.71. The van der Waals surface area contributed by atoms with E-state index >= 15 is 0 Å². The van der Waals surface area contributed by atoms with Crippen molar-refractivity contribution in [2.24, 2.45) is 5.10 Å². The highest BCUT2D eigenvalue weighted by molar-refractivity contribution is 6.30. The first-order chi connectivity index (χ1) is 14.7. The summed E-state index contributed by atoms with van der Waals surface area (Å²) in [6, 6.07) is 12.6. The van der Waals surface area contributed by atoms with E-state index in [1.807, 2.05) is 25.1 Å². The summed E-state index contributed by atoms with van der Waals surface area (Å²) in [7, 11) is 0. The summed E-state index contributed by atoms with van der Waals surface area (Å²) >= 11 is 5.93. The minimum Gasteiger partial charge on any atom is -0.493 e. The first kappa shape index (κ1) is 24.4. The van der Waals surface area contributed by atoms with Crippen LogP contribution in [-0.4, -0.2) is 35.3 Å². The Labute approximate surface area is 187 Å². The minimum absolute atomic E-state index is 0.0197. The number of hydrazone groups is 1. The number of nitrogens with zero attached hydrogens (tertiary/aromatic N) is 1. The molecule has 1 atom stereocenters. The van der Waals surface area contributed by atoms with Crippen molar-refractivity contribution in [3.8, 4) is 5.75 Å².